The third-order valence-electron chi connectivity index (χ3n) is 3.99. The predicted octanol–water partition coefficient (Wildman–Crippen LogP) is 4.38. The molecule has 2 aromatic rings. The number of hydrogen-bond donors (Lipinski definition) is 1. The molecule has 1 aromatic carbocycles. The topological polar surface area (TPSA) is 64.9 Å². The molecule has 1 saturated carbocycles. The van der Waals surface area contributed by atoms with Crippen molar-refractivity contribution in [1.29, 1.82) is 0 Å². The molecule has 5 heteroatoms. The summed E-state index contributed by atoms with van der Waals surface area (Å²) in [4.78, 5) is 4.56. The van der Waals surface area contributed by atoms with E-state index in [-0.39, 0.29) is 0 Å². The van der Waals surface area contributed by atoms with E-state index < -0.39 is 0 Å². The van der Waals surface area contributed by atoms with Crippen LogP contribution in [0.1, 0.15) is 44.3 Å². The molecule has 0 radical (unpaired) electrons. The van der Waals surface area contributed by atoms with Gasteiger partial charge in [0.2, 0.25) is 0 Å². The Morgan fingerprint density at radius 3 is 3.00 bits per heavy atom. The Labute approximate surface area is 126 Å². The summed E-state index contributed by atoms with van der Waals surface area (Å²) < 4.78 is 6.36. The molecule has 0 bridgehead atoms. The molecule has 1 heterocycles. The molecule has 0 amide bonds. The Kier molecular flexibility index (Phi) is 3.78. The average molecular weight is 336 g/mol. The van der Waals surface area contributed by atoms with E-state index in [0.29, 0.717) is 17.5 Å². The summed E-state index contributed by atoms with van der Waals surface area (Å²) in [5.41, 5.74) is 7.43. The van der Waals surface area contributed by atoms with Crippen LogP contribution in [-0.4, -0.2) is 10.1 Å². The van der Waals surface area contributed by atoms with Crippen LogP contribution in [0.25, 0.3) is 11.5 Å². The van der Waals surface area contributed by atoms with Gasteiger partial charge in [-0.3, -0.25) is 0 Å². The van der Waals surface area contributed by atoms with Gasteiger partial charge in [-0.25, -0.2) is 0 Å². The fourth-order valence-corrected chi connectivity index (χ4v) is 3.25. The smallest absolute Gasteiger partial charge is 0.260 e. The monoisotopic (exact) mass is 335 g/mol. The maximum absolute atomic E-state index is 5.98. The maximum atomic E-state index is 5.98. The second-order valence-corrected chi connectivity index (χ2v) is 6.57. The number of hydrogen-bond acceptors (Lipinski definition) is 4. The average Bonchev–Trinajstić information content (AvgIpc) is 2.91. The minimum atomic E-state index is 0.421. The van der Waals surface area contributed by atoms with Crippen LogP contribution in [-0.2, 0) is 0 Å². The van der Waals surface area contributed by atoms with Gasteiger partial charge in [0.25, 0.3) is 5.89 Å². The largest absolute Gasteiger partial charge is 0.398 e. The molecule has 106 valence electrons. The zero-order valence-electron chi connectivity index (χ0n) is 11.5. The molecule has 2 unspecified atom stereocenters. The van der Waals surface area contributed by atoms with E-state index in [9.17, 15) is 0 Å². The molecule has 20 heavy (non-hydrogen) atoms. The summed E-state index contributed by atoms with van der Waals surface area (Å²) >= 11 is 3.44. The molecule has 0 aliphatic heterocycles. The van der Waals surface area contributed by atoms with Gasteiger partial charge >= 0.3 is 0 Å². The highest BCUT2D eigenvalue weighted by Gasteiger charge is 2.25. The lowest BCUT2D eigenvalue weighted by atomic mass is 9.82. The molecule has 4 nitrogen and oxygen atoms in total. The molecule has 1 aliphatic carbocycles. The third kappa shape index (κ3) is 2.73. The van der Waals surface area contributed by atoms with E-state index in [1.165, 1.54) is 12.8 Å². The number of nitrogen functional groups attached to an aromatic ring is 1. The van der Waals surface area contributed by atoms with Gasteiger partial charge in [0.15, 0.2) is 5.82 Å². The van der Waals surface area contributed by atoms with Gasteiger partial charge in [0.1, 0.15) is 0 Å². The Morgan fingerprint density at radius 1 is 1.35 bits per heavy atom. The minimum Gasteiger partial charge on any atom is -0.398 e. The van der Waals surface area contributed by atoms with E-state index in [2.05, 4.69) is 33.0 Å². The van der Waals surface area contributed by atoms with Crippen LogP contribution in [0.5, 0.6) is 0 Å². The van der Waals surface area contributed by atoms with E-state index in [1.807, 2.05) is 18.2 Å². The maximum Gasteiger partial charge on any atom is 0.260 e. The van der Waals surface area contributed by atoms with Gasteiger partial charge in [-0.05, 0) is 37.0 Å². The van der Waals surface area contributed by atoms with Crippen LogP contribution in [0.2, 0.25) is 0 Å². The lowest BCUT2D eigenvalue weighted by Crippen LogP contribution is -2.12. The van der Waals surface area contributed by atoms with Gasteiger partial charge in [-0.15, -0.1) is 0 Å². The van der Waals surface area contributed by atoms with E-state index in [1.54, 1.807) is 0 Å². The molecule has 1 fully saturated rings. The Balaban J connectivity index is 1.88. The number of rotatable bonds is 2. The fraction of sp³-hybridized carbons (Fsp3) is 0.467. The van der Waals surface area contributed by atoms with Gasteiger partial charge in [-0.2, -0.15) is 4.98 Å². The molecule has 0 spiro atoms. The summed E-state index contributed by atoms with van der Waals surface area (Å²) in [5.74, 6) is 2.50. The molecular formula is C15H18BrN3O. The molecule has 2 atom stereocenters. The first kappa shape index (κ1) is 13.6. The van der Waals surface area contributed by atoms with Crippen LogP contribution in [0, 0.1) is 5.92 Å². The minimum absolute atomic E-state index is 0.421. The van der Waals surface area contributed by atoms with Crippen LogP contribution in [0.3, 0.4) is 0 Å². The van der Waals surface area contributed by atoms with Crippen LogP contribution < -0.4 is 5.73 Å². The zero-order chi connectivity index (χ0) is 14.1. The lowest BCUT2D eigenvalue weighted by Gasteiger charge is -2.23. The molecule has 3 rings (SSSR count). The van der Waals surface area contributed by atoms with Gasteiger partial charge in [0.05, 0.1) is 5.56 Å². The van der Waals surface area contributed by atoms with Crippen molar-refractivity contribution in [3.8, 4) is 11.5 Å². The van der Waals surface area contributed by atoms with Crippen molar-refractivity contribution < 1.29 is 4.52 Å². The van der Waals surface area contributed by atoms with Crippen molar-refractivity contribution in [2.45, 2.75) is 38.5 Å². The third-order valence-corrected chi connectivity index (χ3v) is 4.48. The predicted molar refractivity (Wildman–Crippen MR) is 82.2 cm³/mol. The van der Waals surface area contributed by atoms with Crippen LogP contribution in [0.15, 0.2) is 27.2 Å². The Bertz CT molecular complexity index is 611. The number of halogens is 1. The number of aromatic nitrogens is 2. The Morgan fingerprint density at radius 2 is 2.20 bits per heavy atom. The molecule has 2 N–H and O–H groups in total. The van der Waals surface area contributed by atoms with Crippen molar-refractivity contribution in [1.82, 2.24) is 10.1 Å². The lowest BCUT2D eigenvalue weighted by molar-refractivity contribution is 0.324. The number of anilines is 1. The number of benzene rings is 1. The highest BCUT2D eigenvalue weighted by atomic mass is 79.9. The van der Waals surface area contributed by atoms with Crippen molar-refractivity contribution in [2.75, 3.05) is 5.73 Å². The van der Waals surface area contributed by atoms with Crippen LogP contribution >= 0.6 is 15.9 Å². The van der Waals surface area contributed by atoms with Gasteiger partial charge in [-0.1, -0.05) is 40.9 Å². The van der Waals surface area contributed by atoms with Gasteiger partial charge < -0.3 is 10.3 Å². The normalized spacial score (nSPS) is 22.9. The van der Waals surface area contributed by atoms with Crippen molar-refractivity contribution in [3.63, 3.8) is 0 Å². The molecular weight excluding hydrogens is 318 g/mol. The first-order chi connectivity index (χ1) is 9.63. The highest BCUT2D eigenvalue weighted by molar-refractivity contribution is 9.10. The zero-order valence-corrected chi connectivity index (χ0v) is 13.1. The Hall–Kier alpha value is -1.36. The van der Waals surface area contributed by atoms with Crippen LogP contribution in [0.4, 0.5) is 5.69 Å². The molecule has 1 aromatic heterocycles. The fourth-order valence-electron chi connectivity index (χ4n) is 2.89. The summed E-state index contributed by atoms with van der Waals surface area (Å²) in [7, 11) is 0. The summed E-state index contributed by atoms with van der Waals surface area (Å²) in [5, 5.41) is 4.16. The van der Waals surface area contributed by atoms with Crippen molar-refractivity contribution >= 4 is 21.6 Å². The first-order valence-electron chi connectivity index (χ1n) is 7.02. The van der Waals surface area contributed by atoms with E-state index >= 15 is 0 Å². The summed E-state index contributed by atoms with van der Waals surface area (Å²) in [6.45, 7) is 2.29. The van der Waals surface area contributed by atoms with Gasteiger partial charge in [0, 0.05) is 16.1 Å². The van der Waals surface area contributed by atoms with E-state index in [0.717, 1.165) is 34.6 Å². The quantitative estimate of drug-likeness (QED) is 0.827. The van der Waals surface area contributed by atoms with Crippen molar-refractivity contribution in [3.05, 3.63) is 28.5 Å². The summed E-state index contributed by atoms with van der Waals surface area (Å²) in [6, 6.07) is 5.65. The second-order valence-electron chi connectivity index (χ2n) is 5.66. The SMILES string of the molecule is CC1CCCC(c2noc(-c3cc(Br)ccc3N)n2)C1. The molecule has 1 aliphatic rings. The standard InChI is InChI=1S/C15H18BrN3O/c1-9-3-2-4-10(7-9)14-18-15(20-19-14)12-8-11(16)5-6-13(12)17/h5-6,8-10H,2-4,7,17H2,1H3. The van der Waals surface area contributed by atoms with Crippen molar-refractivity contribution in [2.24, 2.45) is 5.92 Å². The molecule has 0 saturated heterocycles. The second kappa shape index (κ2) is 5.56. The first-order valence-corrected chi connectivity index (χ1v) is 7.82. The highest BCUT2D eigenvalue weighted by Crippen LogP contribution is 2.36. The number of nitrogens with zero attached hydrogens (tertiary/aromatic N) is 2. The van der Waals surface area contributed by atoms with E-state index in [4.69, 9.17) is 10.3 Å². The number of nitrogens with two attached hydrogens (primary N) is 1. The summed E-state index contributed by atoms with van der Waals surface area (Å²) in [6.07, 6.45) is 4.85.